The second-order valence-corrected chi connectivity index (χ2v) is 8.78. The quantitative estimate of drug-likeness (QED) is 0.322. The first-order valence-electron chi connectivity index (χ1n) is 9.90. The third kappa shape index (κ3) is 4.87. The molecular weight excluding hydrogens is 488 g/mol. The zero-order chi connectivity index (χ0) is 22.5. The molecule has 0 saturated carbocycles. The number of carbonyl (C=O) groups is 1. The number of amides is 1. The second kappa shape index (κ2) is 10.0. The Morgan fingerprint density at radius 3 is 2.56 bits per heavy atom. The number of aryl methyl sites for hydroxylation is 1. The first kappa shape index (κ1) is 22.1. The van der Waals surface area contributed by atoms with Gasteiger partial charge in [0.25, 0.3) is 0 Å². The Balaban J connectivity index is 1.61. The number of methoxy groups -OCH3 is 1. The van der Waals surface area contributed by atoms with Crippen LogP contribution < -0.4 is 10.1 Å². The van der Waals surface area contributed by atoms with Crippen LogP contribution in [0, 0.1) is 6.92 Å². The molecular formula is C24H21BrN4O2S. The van der Waals surface area contributed by atoms with Crippen LogP contribution in [0.25, 0.3) is 17.1 Å². The number of aromatic nitrogens is 3. The largest absolute Gasteiger partial charge is 0.496 e. The number of nitrogens with zero attached hydrogens (tertiary/aromatic N) is 3. The fraction of sp³-hybridized carbons (Fsp3) is 0.125. The maximum absolute atomic E-state index is 12.6. The number of para-hydroxylation sites is 2. The van der Waals surface area contributed by atoms with Crippen LogP contribution in [-0.4, -0.2) is 33.5 Å². The van der Waals surface area contributed by atoms with E-state index in [0.29, 0.717) is 16.7 Å². The number of anilines is 1. The lowest BCUT2D eigenvalue weighted by Crippen LogP contribution is -2.14. The Bertz CT molecular complexity index is 1240. The van der Waals surface area contributed by atoms with E-state index in [9.17, 15) is 4.79 Å². The monoisotopic (exact) mass is 508 g/mol. The van der Waals surface area contributed by atoms with E-state index in [-0.39, 0.29) is 11.7 Å². The van der Waals surface area contributed by atoms with Crippen molar-refractivity contribution in [2.24, 2.45) is 0 Å². The number of halogens is 1. The molecule has 3 aromatic carbocycles. The molecule has 4 aromatic rings. The summed E-state index contributed by atoms with van der Waals surface area (Å²) in [6.07, 6.45) is 0. The van der Waals surface area contributed by atoms with Crippen molar-refractivity contribution in [3.8, 4) is 22.8 Å². The maximum Gasteiger partial charge on any atom is 0.234 e. The van der Waals surface area contributed by atoms with E-state index in [1.807, 2.05) is 84.3 Å². The van der Waals surface area contributed by atoms with Crippen molar-refractivity contribution >= 4 is 39.3 Å². The molecule has 0 bridgehead atoms. The predicted octanol–water partition coefficient (Wildman–Crippen LogP) is 5.74. The smallest absolute Gasteiger partial charge is 0.234 e. The molecule has 1 heterocycles. The Kier molecular flexibility index (Phi) is 6.92. The number of carbonyl (C=O) groups excluding carboxylic acids is 1. The molecule has 0 aliphatic heterocycles. The van der Waals surface area contributed by atoms with Crippen molar-refractivity contribution in [2.45, 2.75) is 12.1 Å². The van der Waals surface area contributed by atoms with Gasteiger partial charge in [-0.05, 0) is 55.0 Å². The first-order chi connectivity index (χ1) is 15.6. The van der Waals surface area contributed by atoms with Crippen molar-refractivity contribution in [1.82, 2.24) is 14.8 Å². The summed E-state index contributed by atoms with van der Waals surface area (Å²) in [5.41, 5.74) is 3.55. The maximum atomic E-state index is 12.6. The van der Waals surface area contributed by atoms with Gasteiger partial charge in [0.2, 0.25) is 5.91 Å². The minimum absolute atomic E-state index is 0.113. The van der Waals surface area contributed by atoms with Crippen molar-refractivity contribution in [3.63, 3.8) is 0 Å². The molecule has 8 heteroatoms. The minimum Gasteiger partial charge on any atom is -0.496 e. The van der Waals surface area contributed by atoms with Gasteiger partial charge in [-0.1, -0.05) is 58.0 Å². The summed E-state index contributed by atoms with van der Waals surface area (Å²) in [5.74, 6) is 1.45. The van der Waals surface area contributed by atoms with E-state index in [0.717, 1.165) is 27.0 Å². The topological polar surface area (TPSA) is 69.0 Å². The highest BCUT2D eigenvalue weighted by Gasteiger charge is 2.19. The molecule has 1 N–H and O–H groups in total. The van der Waals surface area contributed by atoms with Gasteiger partial charge in [0.05, 0.1) is 18.4 Å². The molecule has 1 aromatic heterocycles. The lowest BCUT2D eigenvalue weighted by molar-refractivity contribution is -0.113. The van der Waals surface area contributed by atoms with Gasteiger partial charge in [0.15, 0.2) is 11.0 Å². The predicted molar refractivity (Wildman–Crippen MR) is 132 cm³/mol. The highest BCUT2D eigenvalue weighted by Crippen LogP contribution is 2.33. The van der Waals surface area contributed by atoms with Gasteiger partial charge in [-0.15, -0.1) is 10.2 Å². The molecule has 6 nitrogen and oxygen atoms in total. The summed E-state index contributed by atoms with van der Waals surface area (Å²) in [6, 6.07) is 23.2. The Morgan fingerprint density at radius 2 is 1.81 bits per heavy atom. The zero-order valence-corrected chi connectivity index (χ0v) is 20.0. The SMILES string of the molecule is COc1ccccc1-c1nnc(SCC(=O)Nc2ccc(Br)c(C)c2)n1-c1ccccc1. The van der Waals surface area contributed by atoms with Crippen LogP contribution in [0.5, 0.6) is 5.75 Å². The van der Waals surface area contributed by atoms with Crippen LogP contribution in [0.4, 0.5) is 5.69 Å². The van der Waals surface area contributed by atoms with Gasteiger partial charge in [-0.25, -0.2) is 0 Å². The lowest BCUT2D eigenvalue weighted by Gasteiger charge is -2.12. The normalized spacial score (nSPS) is 10.7. The number of thioether (sulfide) groups is 1. The number of benzene rings is 3. The van der Waals surface area contributed by atoms with Crippen molar-refractivity contribution < 1.29 is 9.53 Å². The van der Waals surface area contributed by atoms with Gasteiger partial charge in [0.1, 0.15) is 5.75 Å². The Labute approximate surface area is 199 Å². The van der Waals surface area contributed by atoms with Crippen LogP contribution in [-0.2, 0) is 4.79 Å². The number of hydrogen-bond acceptors (Lipinski definition) is 5. The summed E-state index contributed by atoms with van der Waals surface area (Å²) in [5, 5.41) is 12.4. The van der Waals surface area contributed by atoms with Crippen LogP contribution in [0.2, 0.25) is 0 Å². The number of rotatable bonds is 7. The number of ether oxygens (including phenoxy) is 1. The van der Waals surface area contributed by atoms with E-state index < -0.39 is 0 Å². The van der Waals surface area contributed by atoms with Crippen LogP contribution >= 0.6 is 27.7 Å². The molecule has 32 heavy (non-hydrogen) atoms. The summed E-state index contributed by atoms with van der Waals surface area (Å²) in [7, 11) is 1.63. The van der Waals surface area contributed by atoms with E-state index in [2.05, 4.69) is 31.4 Å². The fourth-order valence-corrected chi connectivity index (χ4v) is 4.23. The molecule has 0 aliphatic carbocycles. The molecule has 0 atom stereocenters. The molecule has 4 rings (SSSR count). The zero-order valence-electron chi connectivity index (χ0n) is 17.6. The highest BCUT2D eigenvalue weighted by molar-refractivity contribution is 9.10. The van der Waals surface area contributed by atoms with Gasteiger partial charge < -0.3 is 10.1 Å². The average Bonchev–Trinajstić information content (AvgIpc) is 3.24. The van der Waals surface area contributed by atoms with Gasteiger partial charge in [-0.3, -0.25) is 9.36 Å². The third-order valence-electron chi connectivity index (χ3n) is 4.77. The second-order valence-electron chi connectivity index (χ2n) is 6.98. The Morgan fingerprint density at radius 1 is 1.06 bits per heavy atom. The fourth-order valence-electron chi connectivity index (χ4n) is 3.23. The van der Waals surface area contributed by atoms with Crippen LogP contribution in [0.3, 0.4) is 0 Å². The van der Waals surface area contributed by atoms with Crippen LogP contribution in [0.15, 0.2) is 82.4 Å². The van der Waals surface area contributed by atoms with Gasteiger partial charge >= 0.3 is 0 Å². The summed E-state index contributed by atoms with van der Waals surface area (Å²) in [4.78, 5) is 12.6. The molecule has 0 spiro atoms. The van der Waals surface area contributed by atoms with E-state index >= 15 is 0 Å². The first-order valence-corrected chi connectivity index (χ1v) is 11.7. The Hall–Kier alpha value is -3.10. The van der Waals surface area contributed by atoms with Gasteiger partial charge in [0, 0.05) is 15.8 Å². The summed E-state index contributed by atoms with van der Waals surface area (Å²) >= 11 is 4.81. The summed E-state index contributed by atoms with van der Waals surface area (Å²) in [6.45, 7) is 1.98. The highest BCUT2D eigenvalue weighted by atomic mass is 79.9. The molecule has 1 amide bonds. The summed E-state index contributed by atoms with van der Waals surface area (Å²) < 4.78 is 8.48. The molecule has 0 radical (unpaired) electrons. The molecule has 0 aliphatic rings. The van der Waals surface area contributed by atoms with E-state index in [4.69, 9.17) is 4.74 Å². The van der Waals surface area contributed by atoms with Gasteiger partial charge in [-0.2, -0.15) is 0 Å². The van der Waals surface area contributed by atoms with E-state index in [1.165, 1.54) is 11.8 Å². The lowest BCUT2D eigenvalue weighted by atomic mass is 10.2. The van der Waals surface area contributed by atoms with E-state index in [1.54, 1.807) is 7.11 Å². The number of hydrogen-bond donors (Lipinski definition) is 1. The van der Waals surface area contributed by atoms with Crippen molar-refractivity contribution in [1.29, 1.82) is 0 Å². The van der Waals surface area contributed by atoms with Crippen molar-refractivity contribution in [2.75, 3.05) is 18.2 Å². The number of nitrogens with one attached hydrogen (secondary N) is 1. The standard InChI is InChI=1S/C24H21BrN4O2S/c1-16-14-17(12-13-20(16)25)26-22(30)15-32-24-28-27-23(19-10-6-7-11-21(19)31-2)29(24)18-8-4-3-5-9-18/h3-14H,15H2,1-2H3,(H,26,30). The van der Waals surface area contributed by atoms with Crippen molar-refractivity contribution in [3.05, 3.63) is 82.8 Å². The average molecular weight is 509 g/mol. The molecule has 0 saturated heterocycles. The third-order valence-corrected chi connectivity index (χ3v) is 6.59. The molecule has 0 fully saturated rings. The minimum atomic E-state index is -0.113. The molecule has 0 unspecified atom stereocenters. The molecule has 162 valence electrons. The van der Waals surface area contributed by atoms with Crippen LogP contribution in [0.1, 0.15) is 5.56 Å².